The van der Waals surface area contributed by atoms with Crippen LogP contribution in [0.25, 0.3) is 11.2 Å². The summed E-state index contributed by atoms with van der Waals surface area (Å²) < 4.78 is 4.17. The summed E-state index contributed by atoms with van der Waals surface area (Å²) in [6, 6.07) is 7.90. The Bertz CT molecular complexity index is 997. The van der Waals surface area contributed by atoms with Gasteiger partial charge in [0, 0.05) is 25.7 Å². The van der Waals surface area contributed by atoms with Crippen molar-refractivity contribution in [3.8, 4) is 0 Å². The number of imidazole rings is 1. The molecule has 7 heteroatoms. The number of benzene rings is 1. The van der Waals surface area contributed by atoms with Gasteiger partial charge < -0.3 is 0 Å². The standard InChI is InChI=1S/C15H15ClN4O2/c1-9-6-4-5-7-10(9)8-20-11-12(17-14(20)16)18(2)15(22)19(3)13(11)21/h4-7H,8H2,1-3H3/p+1. The monoisotopic (exact) mass is 319 g/mol. The largest absolute Gasteiger partial charge is 0.355 e. The van der Waals surface area contributed by atoms with E-state index in [4.69, 9.17) is 11.6 Å². The highest BCUT2D eigenvalue weighted by Gasteiger charge is 2.25. The average Bonchev–Trinajstić information content (AvgIpc) is 2.82. The summed E-state index contributed by atoms with van der Waals surface area (Å²) in [7, 11) is 3.07. The fourth-order valence-electron chi connectivity index (χ4n) is 2.58. The molecule has 0 aliphatic heterocycles. The summed E-state index contributed by atoms with van der Waals surface area (Å²) >= 11 is 6.26. The fraction of sp³-hybridized carbons (Fsp3) is 0.267. The van der Waals surface area contributed by atoms with Gasteiger partial charge in [0.05, 0.1) is 0 Å². The predicted octanol–water partition coefficient (Wildman–Crippen LogP) is 0.863. The van der Waals surface area contributed by atoms with Crippen molar-refractivity contribution in [2.24, 2.45) is 14.1 Å². The molecular formula is C15H16ClN4O2+. The van der Waals surface area contributed by atoms with Crippen molar-refractivity contribution in [2.75, 3.05) is 0 Å². The van der Waals surface area contributed by atoms with E-state index in [2.05, 4.69) is 4.98 Å². The topological polar surface area (TPSA) is 63.7 Å². The molecule has 0 fully saturated rings. The van der Waals surface area contributed by atoms with Crippen LogP contribution in [0.3, 0.4) is 0 Å². The van der Waals surface area contributed by atoms with Crippen molar-refractivity contribution in [1.82, 2.24) is 14.1 Å². The van der Waals surface area contributed by atoms with Crippen LogP contribution in [-0.2, 0) is 20.6 Å². The number of hydrogen-bond donors (Lipinski definition) is 1. The molecule has 0 aliphatic carbocycles. The van der Waals surface area contributed by atoms with Gasteiger partial charge in [0.15, 0.2) is 0 Å². The molecule has 1 N–H and O–H groups in total. The van der Waals surface area contributed by atoms with Crippen LogP contribution in [0.5, 0.6) is 0 Å². The molecular weight excluding hydrogens is 304 g/mol. The molecule has 2 aromatic heterocycles. The molecule has 0 unspecified atom stereocenters. The van der Waals surface area contributed by atoms with Crippen LogP contribution >= 0.6 is 11.6 Å². The number of hydrogen-bond acceptors (Lipinski definition) is 2. The van der Waals surface area contributed by atoms with Crippen LogP contribution in [-0.4, -0.2) is 14.1 Å². The Balaban J connectivity index is 2.32. The van der Waals surface area contributed by atoms with Crippen LogP contribution in [0.1, 0.15) is 11.1 Å². The lowest BCUT2D eigenvalue weighted by molar-refractivity contribution is -0.660. The number of aromatic nitrogens is 4. The van der Waals surface area contributed by atoms with Crippen molar-refractivity contribution in [1.29, 1.82) is 0 Å². The first kappa shape index (κ1) is 14.6. The van der Waals surface area contributed by atoms with Gasteiger partial charge in [-0.25, -0.2) is 14.3 Å². The highest BCUT2D eigenvalue weighted by molar-refractivity contribution is 6.27. The molecule has 0 amide bonds. The lowest BCUT2D eigenvalue weighted by atomic mass is 10.1. The molecule has 0 bridgehead atoms. The summed E-state index contributed by atoms with van der Waals surface area (Å²) in [5, 5.41) is 0.316. The number of aryl methyl sites for hydroxylation is 2. The van der Waals surface area contributed by atoms with Gasteiger partial charge in [-0.05, 0) is 18.1 Å². The molecule has 22 heavy (non-hydrogen) atoms. The van der Waals surface area contributed by atoms with E-state index in [9.17, 15) is 9.59 Å². The smallest absolute Gasteiger partial charge is 0.264 e. The summed E-state index contributed by atoms with van der Waals surface area (Å²) in [5.41, 5.74) is 2.23. The van der Waals surface area contributed by atoms with Gasteiger partial charge in [-0.1, -0.05) is 24.3 Å². The molecule has 3 rings (SSSR count). The lowest BCUT2D eigenvalue weighted by Gasteiger charge is -2.04. The minimum absolute atomic E-state index is 0.316. The van der Waals surface area contributed by atoms with E-state index in [0.717, 1.165) is 15.7 Å². The van der Waals surface area contributed by atoms with Crippen molar-refractivity contribution in [2.45, 2.75) is 13.5 Å². The first-order valence-electron chi connectivity index (χ1n) is 6.83. The van der Waals surface area contributed by atoms with Crippen molar-refractivity contribution in [3.63, 3.8) is 0 Å². The predicted molar refractivity (Wildman–Crippen MR) is 84.3 cm³/mol. The van der Waals surface area contributed by atoms with Gasteiger partial charge in [0.1, 0.15) is 6.54 Å². The van der Waals surface area contributed by atoms with Gasteiger partial charge >= 0.3 is 16.5 Å². The average molecular weight is 320 g/mol. The van der Waals surface area contributed by atoms with Gasteiger partial charge in [0.2, 0.25) is 0 Å². The molecule has 0 spiro atoms. The van der Waals surface area contributed by atoms with E-state index >= 15 is 0 Å². The van der Waals surface area contributed by atoms with E-state index < -0.39 is 5.69 Å². The third-order valence-electron chi connectivity index (χ3n) is 3.96. The Labute approximate surface area is 131 Å². The number of fused-ring (bicyclic) bond motifs is 1. The minimum Gasteiger partial charge on any atom is -0.264 e. The molecule has 0 atom stereocenters. The molecule has 0 saturated heterocycles. The second-order valence-corrected chi connectivity index (χ2v) is 5.69. The molecule has 6 nitrogen and oxygen atoms in total. The van der Waals surface area contributed by atoms with Gasteiger partial charge in [-0.2, -0.15) is 0 Å². The van der Waals surface area contributed by atoms with Crippen molar-refractivity contribution >= 4 is 22.8 Å². The molecule has 0 saturated carbocycles. The van der Waals surface area contributed by atoms with Crippen molar-refractivity contribution in [3.05, 3.63) is 61.5 Å². The van der Waals surface area contributed by atoms with Gasteiger partial charge in [-0.15, -0.1) is 0 Å². The summed E-state index contributed by atoms with van der Waals surface area (Å²) in [5.74, 6) is 0. The highest BCUT2D eigenvalue weighted by Crippen LogP contribution is 2.11. The second kappa shape index (κ2) is 5.14. The van der Waals surface area contributed by atoms with E-state index in [1.165, 1.54) is 11.6 Å². The van der Waals surface area contributed by atoms with Crippen LogP contribution in [0, 0.1) is 6.92 Å². The number of rotatable bonds is 2. The number of nitrogens with one attached hydrogen (secondary N) is 1. The van der Waals surface area contributed by atoms with E-state index in [1.54, 1.807) is 11.6 Å². The van der Waals surface area contributed by atoms with E-state index in [0.29, 0.717) is 23.0 Å². The number of halogens is 1. The maximum absolute atomic E-state index is 12.5. The molecule has 1 aromatic carbocycles. The Morgan fingerprint density at radius 2 is 1.86 bits per heavy atom. The third kappa shape index (κ3) is 2.07. The van der Waals surface area contributed by atoms with Gasteiger partial charge in [-0.3, -0.25) is 13.9 Å². The zero-order chi connectivity index (χ0) is 16.0. The zero-order valence-electron chi connectivity index (χ0n) is 12.6. The Morgan fingerprint density at radius 3 is 2.55 bits per heavy atom. The number of H-pyrrole nitrogens is 1. The first-order valence-corrected chi connectivity index (χ1v) is 7.21. The molecule has 2 heterocycles. The number of aromatic amines is 1. The van der Waals surface area contributed by atoms with Crippen LogP contribution in [0.2, 0.25) is 5.28 Å². The first-order chi connectivity index (χ1) is 10.4. The Morgan fingerprint density at radius 1 is 1.18 bits per heavy atom. The maximum atomic E-state index is 12.5. The Kier molecular flexibility index (Phi) is 3.41. The quantitative estimate of drug-likeness (QED) is 0.562. The van der Waals surface area contributed by atoms with Gasteiger partial charge in [0.25, 0.3) is 11.2 Å². The zero-order valence-corrected chi connectivity index (χ0v) is 13.3. The molecule has 114 valence electrons. The summed E-state index contributed by atoms with van der Waals surface area (Å²) in [4.78, 5) is 27.4. The third-order valence-corrected chi connectivity index (χ3v) is 4.26. The van der Waals surface area contributed by atoms with Crippen LogP contribution < -0.4 is 15.8 Å². The van der Waals surface area contributed by atoms with E-state index in [-0.39, 0.29) is 5.56 Å². The number of nitrogens with zero attached hydrogens (tertiary/aromatic N) is 3. The lowest BCUT2D eigenvalue weighted by Crippen LogP contribution is -2.44. The van der Waals surface area contributed by atoms with E-state index in [1.807, 2.05) is 31.2 Å². The molecule has 3 aromatic rings. The highest BCUT2D eigenvalue weighted by atomic mass is 35.5. The maximum Gasteiger partial charge on any atom is 0.355 e. The summed E-state index contributed by atoms with van der Waals surface area (Å²) in [6.07, 6.45) is 0. The summed E-state index contributed by atoms with van der Waals surface area (Å²) in [6.45, 7) is 2.46. The fourth-order valence-corrected chi connectivity index (χ4v) is 2.82. The molecule has 0 aliphatic rings. The van der Waals surface area contributed by atoms with Crippen LogP contribution in [0.15, 0.2) is 33.9 Å². The minimum atomic E-state index is -0.390. The van der Waals surface area contributed by atoms with Crippen molar-refractivity contribution < 1.29 is 4.57 Å². The SMILES string of the molecule is Cc1ccccc1C[n+]1c(Cl)[nH]c2c1c(=O)n(C)c(=O)n2C. The molecule has 0 radical (unpaired) electrons. The normalized spacial score (nSPS) is 11.3. The van der Waals surface area contributed by atoms with Crippen LogP contribution in [0.4, 0.5) is 0 Å². The second-order valence-electron chi connectivity index (χ2n) is 5.33. The Hall–Kier alpha value is -2.34.